The molecular formula is C13H15N3O. The normalized spacial score (nSPS) is 16.1. The lowest BCUT2D eigenvalue weighted by atomic mass is 10.0. The molecule has 17 heavy (non-hydrogen) atoms. The lowest BCUT2D eigenvalue weighted by Crippen LogP contribution is -2.45. The van der Waals surface area contributed by atoms with E-state index in [-0.39, 0.29) is 5.56 Å². The van der Waals surface area contributed by atoms with Crippen LogP contribution in [0.3, 0.4) is 0 Å². The van der Waals surface area contributed by atoms with Crippen LogP contribution in [0.1, 0.15) is 5.56 Å². The molecule has 2 aromatic rings. The van der Waals surface area contributed by atoms with Gasteiger partial charge in [-0.2, -0.15) is 0 Å². The fraction of sp³-hybridized carbons (Fsp3) is 0.385. The zero-order valence-corrected chi connectivity index (χ0v) is 9.81. The Kier molecular flexibility index (Phi) is 2.44. The minimum Gasteiger partial charge on any atom is -0.316 e. The molecule has 1 N–H and O–H groups in total. The number of nitrogens with one attached hydrogen (secondary N) is 1. The number of nitrogens with zero attached hydrogens (tertiary/aromatic N) is 2. The molecule has 1 aromatic carbocycles. The first-order chi connectivity index (χ1) is 8.24. The van der Waals surface area contributed by atoms with E-state index in [9.17, 15) is 4.79 Å². The molecule has 0 aliphatic carbocycles. The zero-order valence-electron chi connectivity index (χ0n) is 9.81. The van der Waals surface area contributed by atoms with E-state index in [0.717, 1.165) is 36.1 Å². The summed E-state index contributed by atoms with van der Waals surface area (Å²) in [6, 6.07) is 5.80. The molecule has 0 spiro atoms. The molecule has 4 heteroatoms. The predicted molar refractivity (Wildman–Crippen MR) is 67.1 cm³/mol. The molecule has 1 aliphatic heterocycles. The van der Waals surface area contributed by atoms with Crippen LogP contribution in [-0.2, 0) is 6.54 Å². The number of rotatable bonds is 2. The third-order valence-corrected chi connectivity index (χ3v) is 3.30. The first-order valence-electron chi connectivity index (χ1n) is 5.90. The van der Waals surface area contributed by atoms with Crippen LogP contribution in [0.2, 0.25) is 0 Å². The summed E-state index contributed by atoms with van der Waals surface area (Å²) in [7, 11) is 0. The monoisotopic (exact) mass is 229 g/mol. The minimum absolute atomic E-state index is 0.0746. The Labute approximate surface area is 99.3 Å². The number of benzene rings is 1. The number of aryl methyl sites for hydroxylation is 1. The van der Waals surface area contributed by atoms with E-state index < -0.39 is 0 Å². The van der Waals surface area contributed by atoms with Crippen molar-refractivity contribution in [3.63, 3.8) is 0 Å². The van der Waals surface area contributed by atoms with Crippen LogP contribution in [0.25, 0.3) is 10.9 Å². The maximum atomic E-state index is 12.3. The van der Waals surface area contributed by atoms with Crippen LogP contribution in [0.5, 0.6) is 0 Å². The Hall–Kier alpha value is -1.68. The van der Waals surface area contributed by atoms with Gasteiger partial charge in [0.15, 0.2) is 0 Å². The number of aromatic nitrogens is 2. The van der Waals surface area contributed by atoms with E-state index >= 15 is 0 Å². The standard InChI is InChI=1S/C13H15N3O/c1-9-2-3-12-11(4-9)13(17)16(8-15-12)7-10-5-14-6-10/h2-4,8,10,14H,5-7H2,1H3. The van der Waals surface area contributed by atoms with Crippen molar-refractivity contribution in [1.82, 2.24) is 14.9 Å². The van der Waals surface area contributed by atoms with Gasteiger partial charge in [0.25, 0.3) is 5.56 Å². The van der Waals surface area contributed by atoms with Gasteiger partial charge in [-0.25, -0.2) is 4.98 Å². The second-order valence-electron chi connectivity index (χ2n) is 4.75. The van der Waals surface area contributed by atoms with Crippen LogP contribution in [0.15, 0.2) is 29.3 Å². The molecule has 1 fully saturated rings. The molecule has 4 nitrogen and oxygen atoms in total. The van der Waals surface area contributed by atoms with Gasteiger partial charge in [0.1, 0.15) is 0 Å². The summed E-state index contributed by atoms with van der Waals surface area (Å²) in [5.74, 6) is 0.566. The highest BCUT2D eigenvalue weighted by Crippen LogP contribution is 2.10. The number of fused-ring (bicyclic) bond motifs is 1. The average molecular weight is 229 g/mol. The van der Waals surface area contributed by atoms with Gasteiger partial charge in [-0.3, -0.25) is 9.36 Å². The number of hydrogen-bond donors (Lipinski definition) is 1. The van der Waals surface area contributed by atoms with Crippen molar-refractivity contribution in [3.05, 3.63) is 40.4 Å². The second kappa shape index (κ2) is 3.96. The third kappa shape index (κ3) is 1.85. The molecule has 0 radical (unpaired) electrons. The van der Waals surface area contributed by atoms with E-state index in [0.29, 0.717) is 5.92 Å². The predicted octanol–water partition coefficient (Wildman–Crippen LogP) is 0.924. The van der Waals surface area contributed by atoms with Gasteiger partial charge in [-0.05, 0) is 19.1 Å². The minimum atomic E-state index is 0.0746. The maximum Gasteiger partial charge on any atom is 0.261 e. The Balaban J connectivity index is 2.07. The summed E-state index contributed by atoms with van der Waals surface area (Å²) < 4.78 is 1.73. The SMILES string of the molecule is Cc1ccc2ncn(CC3CNC3)c(=O)c2c1. The molecule has 2 heterocycles. The van der Waals surface area contributed by atoms with Crippen molar-refractivity contribution < 1.29 is 0 Å². The smallest absolute Gasteiger partial charge is 0.261 e. The molecule has 88 valence electrons. The van der Waals surface area contributed by atoms with E-state index in [2.05, 4.69) is 10.3 Å². The van der Waals surface area contributed by atoms with Crippen molar-refractivity contribution in [2.75, 3.05) is 13.1 Å². The van der Waals surface area contributed by atoms with Crippen molar-refractivity contribution in [3.8, 4) is 0 Å². The fourth-order valence-corrected chi connectivity index (χ4v) is 2.16. The average Bonchev–Trinajstić information content (AvgIpc) is 2.27. The molecule has 1 aliphatic rings. The summed E-state index contributed by atoms with van der Waals surface area (Å²) >= 11 is 0. The van der Waals surface area contributed by atoms with Gasteiger partial charge < -0.3 is 5.32 Å². The molecule has 0 bridgehead atoms. The van der Waals surface area contributed by atoms with Crippen molar-refractivity contribution in [1.29, 1.82) is 0 Å². The molecule has 1 aromatic heterocycles. The molecule has 0 atom stereocenters. The first-order valence-corrected chi connectivity index (χ1v) is 5.90. The number of hydrogen-bond acceptors (Lipinski definition) is 3. The van der Waals surface area contributed by atoms with Crippen LogP contribution < -0.4 is 10.9 Å². The topological polar surface area (TPSA) is 46.9 Å². The molecule has 0 amide bonds. The quantitative estimate of drug-likeness (QED) is 0.833. The Morgan fingerprint density at radius 2 is 2.29 bits per heavy atom. The fourth-order valence-electron chi connectivity index (χ4n) is 2.16. The van der Waals surface area contributed by atoms with Gasteiger partial charge in [-0.15, -0.1) is 0 Å². The van der Waals surface area contributed by atoms with Crippen LogP contribution in [-0.4, -0.2) is 22.6 Å². The first kappa shape index (κ1) is 10.5. The van der Waals surface area contributed by atoms with Crippen molar-refractivity contribution >= 4 is 10.9 Å². The third-order valence-electron chi connectivity index (χ3n) is 3.30. The Morgan fingerprint density at radius 1 is 1.47 bits per heavy atom. The molecule has 0 saturated carbocycles. The lowest BCUT2D eigenvalue weighted by Gasteiger charge is -2.27. The summed E-state index contributed by atoms with van der Waals surface area (Å²) in [5, 5.41) is 3.93. The molecular weight excluding hydrogens is 214 g/mol. The van der Waals surface area contributed by atoms with Crippen molar-refractivity contribution in [2.24, 2.45) is 5.92 Å². The summed E-state index contributed by atoms with van der Waals surface area (Å²) in [4.78, 5) is 16.6. The van der Waals surface area contributed by atoms with E-state index in [1.165, 1.54) is 0 Å². The highest BCUT2D eigenvalue weighted by atomic mass is 16.1. The van der Waals surface area contributed by atoms with Gasteiger partial charge in [0, 0.05) is 25.6 Å². The molecule has 1 saturated heterocycles. The summed E-state index contributed by atoms with van der Waals surface area (Å²) in [5.41, 5.74) is 1.95. The van der Waals surface area contributed by atoms with Gasteiger partial charge >= 0.3 is 0 Å². The van der Waals surface area contributed by atoms with Gasteiger partial charge in [0.05, 0.1) is 17.2 Å². The largest absolute Gasteiger partial charge is 0.316 e. The van der Waals surface area contributed by atoms with Crippen molar-refractivity contribution in [2.45, 2.75) is 13.5 Å². The Morgan fingerprint density at radius 3 is 3.00 bits per heavy atom. The van der Waals surface area contributed by atoms with Gasteiger partial charge in [0.2, 0.25) is 0 Å². The Bertz CT molecular complexity index is 614. The zero-order chi connectivity index (χ0) is 11.8. The highest BCUT2D eigenvalue weighted by molar-refractivity contribution is 5.77. The molecule has 0 unspecified atom stereocenters. The van der Waals surface area contributed by atoms with E-state index in [1.807, 2.05) is 25.1 Å². The second-order valence-corrected chi connectivity index (χ2v) is 4.75. The van der Waals surface area contributed by atoms with E-state index in [1.54, 1.807) is 10.9 Å². The van der Waals surface area contributed by atoms with Gasteiger partial charge in [-0.1, -0.05) is 11.6 Å². The van der Waals surface area contributed by atoms with Crippen LogP contribution >= 0.6 is 0 Å². The van der Waals surface area contributed by atoms with Crippen LogP contribution in [0, 0.1) is 12.8 Å². The summed E-state index contributed by atoms with van der Waals surface area (Å²) in [6.07, 6.45) is 1.66. The summed E-state index contributed by atoms with van der Waals surface area (Å²) in [6.45, 7) is 4.76. The highest BCUT2D eigenvalue weighted by Gasteiger charge is 2.18. The lowest BCUT2D eigenvalue weighted by molar-refractivity contribution is 0.303. The van der Waals surface area contributed by atoms with E-state index in [4.69, 9.17) is 0 Å². The molecule has 3 rings (SSSR count). The van der Waals surface area contributed by atoms with Crippen LogP contribution in [0.4, 0.5) is 0 Å². The maximum absolute atomic E-state index is 12.3.